The van der Waals surface area contributed by atoms with Gasteiger partial charge in [-0.05, 0) is 55.7 Å². The van der Waals surface area contributed by atoms with E-state index in [0.717, 1.165) is 18.7 Å². The molecule has 0 radical (unpaired) electrons. The van der Waals surface area contributed by atoms with Crippen LogP contribution in [0, 0.1) is 0 Å². The van der Waals surface area contributed by atoms with Gasteiger partial charge in [0.15, 0.2) is 0 Å². The van der Waals surface area contributed by atoms with Gasteiger partial charge >= 0.3 is 11.8 Å². The topological polar surface area (TPSA) is 71.3 Å². The lowest BCUT2D eigenvalue weighted by atomic mass is 10.1. The fourth-order valence-electron chi connectivity index (χ4n) is 3.10. The summed E-state index contributed by atoms with van der Waals surface area (Å²) in [7, 11) is 0. The number of benzene rings is 2. The molecule has 0 saturated carbocycles. The standard InChI is InChI=1S/C20H20N4O2/c25-18(20-23-22-19(26-20)15-7-3-1-4-8-15)21-16-9-11-17(12-10-16)24-13-5-2-6-14-24/h1,3-4,7-12H,2,5-6,13-14H2,(H,21,25). The molecule has 1 aliphatic rings. The number of hydrogen-bond acceptors (Lipinski definition) is 5. The van der Waals surface area contributed by atoms with Gasteiger partial charge in [0, 0.05) is 30.0 Å². The van der Waals surface area contributed by atoms with Gasteiger partial charge in [-0.2, -0.15) is 0 Å². The monoisotopic (exact) mass is 348 g/mol. The van der Waals surface area contributed by atoms with E-state index in [4.69, 9.17) is 4.42 Å². The van der Waals surface area contributed by atoms with Crippen molar-refractivity contribution in [2.45, 2.75) is 19.3 Å². The molecule has 3 aromatic rings. The van der Waals surface area contributed by atoms with Gasteiger partial charge in [-0.1, -0.05) is 18.2 Å². The van der Waals surface area contributed by atoms with Gasteiger partial charge in [-0.3, -0.25) is 4.79 Å². The second-order valence-electron chi connectivity index (χ2n) is 6.33. The maximum absolute atomic E-state index is 12.3. The van der Waals surface area contributed by atoms with E-state index < -0.39 is 5.91 Å². The summed E-state index contributed by atoms with van der Waals surface area (Å²) < 4.78 is 5.48. The first-order chi connectivity index (χ1) is 12.8. The maximum Gasteiger partial charge on any atom is 0.313 e. The highest BCUT2D eigenvalue weighted by atomic mass is 16.4. The molecule has 1 aromatic heterocycles. The summed E-state index contributed by atoms with van der Waals surface area (Å²) in [6, 6.07) is 17.2. The molecule has 2 heterocycles. The minimum Gasteiger partial charge on any atom is -0.412 e. The molecule has 1 aliphatic heterocycles. The molecule has 4 rings (SSSR count). The first-order valence-electron chi connectivity index (χ1n) is 8.85. The SMILES string of the molecule is O=C(Nc1ccc(N2CCCCC2)cc1)c1nnc(-c2ccccc2)o1. The van der Waals surface area contributed by atoms with Crippen LogP contribution in [-0.2, 0) is 0 Å². The van der Waals surface area contributed by atoms with Crippen molar-refractivity contribution in [1.29, 1.82) is 0 Å². The number of hydrogen-bond donors (Lipinski definition) is 1. The van der Waals surface area contributed by atoms with Crippen molar-refractivity contribution >= 4 is 17.3 Å². The van der Waals surface area contributed by atoms with Crippen LogP contribution in [0.3, 0.4) is 0 Å². The first-order valence-corrected chi connectivity index (χ1v) is 8.85. The lowest BCUT2D eigenvalue weighted by Crippen LogP contribution is -2.29. The van der Waals surface area contributed by atoms with Crippen LogP contribution in [0.2, 0.25) is 0 Å². The van der Waals surface area contributed by atoms with Crippen LogP contribution in [0.5, 0.6) is 0 Å². The molecule has 6 nitrogen and oxygen atoms in total. The van der Waals surface area contributed by atoms with E-state index in [1.807, 2.05) is 54.6 Å². The molecular weight excluding hydrogens is 328 g/mol. The summed E-state index contributed by atoms with van der Waals surface area (Å²) in [5.41, 5.74) is 2.67. The van der Waals surface area contributed by atoms with Crippen LogP contribution in [0.1, 0.15) is 29.9 Å². The average molecular weight is 348 g/mol. The van der Waals surface area contributed by atoms with E-state index in [-0.39, 0.29) is 5.89 Å². The summed E-state index contributed by atoms with van der Waals surface area (Å²) in [6.45, 7) is 2.19. The van der Waals surface area contributed by atoms with Crippen molar-refractivity contribution < 1.29 is 9.21 Å². The first kappa shape index (κ1) is 16.3. The Hall–Kier alpha value is -3.15. The van der Waals surface area contributed by atoms with Gasteiger partial charge in [0.2, 0.25) is 5.89 Å². The van der Waals surface area contributed by atoms with E-state index in [1.165, 1.54) is 24.9 Å². The zero-order chi connectivity index (χ0) is 17.8. The predicted octanol–water partition coefficient (Wildman–Crippen LogP) is 3.98. The van der Waals surface area contributed by atoms with Gasteiger partial charge in [0.05, 0.1) is 0 Å². The number of aromatic nitrogens is 2. The van der Waals surface area contributed by atoms with Crippen LogP contribution in [0.25, 0.3) is 11.5 Å². The van der Waals surface area contributed by atoms with E-state index in [0.29, 0.717) is 11.6 Å². The van der Waals surface area contributed by atoms with Gasteiger partial charge in [0.25, 0.3) is 0 Å². The second-order valence-corrected chi connectivity index (χ2v) is 6.33. The number of rotatable bonds is 4. The lowest BCUT2D eigenvalue weighted by Gasteiger charge is -2.28. The fraction of sp³-hybridized carbons (Fsp3) is 0.250. The molecule has 1 fully saturated rings. The highest BCUT2D eigenvalue weighted by Crippen LogP contribution is 2.22. The normalized spacial score (nSPS) is 14.2. The Kier molecular flexibility index (Phi) is 4.64. The molecule has 1 N–H and O–H groups in total. The number of anilines is 2. The average Bonchev–Trinajstić information content (AvgIpc) is 3.20. The van der Waals surface area contributed by atoms with Gasteiger partial charge < -0.3 is 14.6 Å². The van der Waals surface area contributed by atoms with Crippen molar-refractivity contribution in [3.05, 3.63) is 60.5 Å². The molecule has 1 saturated heterocycles. The van der Waals surface area contributed by atoms with E-state index in [1.54, 1.807) is 0 Å². The Morgan fingerprint density at radius 2 is 1.65 bits per heavy atom. The Bertz CT molecular complexity index is 868. The van der Waals surface area contributed by atoms with Crippen LogP contribution < -0.4 is 10.2 Å². The highest BCUT2D eigenvalue weighted by Gasteiger charge is 2.16. The van der Waals surface area contributed by atoms with Crippen molar-refractivity contribution in [3.63, 3.8) is 0 Å². The number of carbonyl (C=O) groups is 1. The third kappa shape index (κ3) is 3.59. The largest absolute Gasteiger partial charge is 0.412 e. The molecule has 1 amide bonds. The third-order valence-electron chi connectivity index (χ3n) is 4.49. The number of amides is 1. The van der Waals surface area contributed by atoms with Crippen LogP contribution >= 0.6 is 0 Å². The maximum atomic E-state index is 12.3. The van der Waals surface area contributed by atoms with E-state index in [9.17, 15) is 4.79 Å². The second kappa shape index (κ2) is 7.39. The molecule has 26 heavy (non-hydrogen) atoms. The number of carbonyl (C=O) groups excluding carboxylic acids is 1. The number of nitrogens with one attached hydrogen (secondary N) is 1. The van der Waals surface area contributed by atoms with Crippen LogP contribution in [0.4, 0.5) is 11.4 Å². The van der Waals surface area contributed by atoms with E-state index in [2.05, 4.69) is 20.4 Å². The van der Waals surface area contributed by atoms with E-state index >= 15 is 0 Å². The zero-order valence-corrected chi connectivity index (χ0v) is 14.4. The highest BCUT2D eigenvalue weighted by molar-refractivity contribution is 6.01. The minimum absolute atomic E-state index is 0.0519. The Labute approximate surface area is 151 Å². The van der Waals surface area contributed by atoms with Crippen LogP contribution in [-0.4, -0.2) is 29.2 Å². The molecular formula is C20H20N4O2. The molecule has 0 aliphatic carbocycles. The Morgan fingerprint density at radius 3 is 2.38 bits per heavy atom. The number of nitrogens with zero attached hydrogens (tertiary/aromatic N) is 3. The molecule has 0 atom stereocenters. The summed E-state index contributed by atoms with van der Waals surface area (Å²) in [5.74, 6) is -0.134. The Balaban J connectivity index is 1.42. The van der Waals surface area contributed by atoms with Crippen molar-refractivity contribution in [1.82, 2.24) is 10.2 Å². The van der Waals surface area contributed by atoms with Crippen LogP contribution in [0.15, 0.2) is 59.0 Å². The third-order valence-corrected chi connectivity index (χ3v) is 4.49. The molecule has 0 bridgehead atoms. The van der Waals surface area contributed by atoms with Gasteiger partial charge in [0.1, 0.15) is 0 Å². The predicted molar refractivity (Wildman–Crippen MR) is 100 cm³/mol. The number of piperidine rings is 1. The minimum atomic E-state index is -0.412. The molecule has 0 unspecified atom stereocenters. The molecule has 6 heteroatoms. The summed E-state index contributed by atoms with van der Waals surface area (Å²) >= 11 is 0. The van der Waals surface area contributed by atoms with Crippen molar-refractivity contribution in [2.75, 3.05) is 23.3 Å². The molecule has 2 aromatic carbocycles. The van der Waals surface area contributed by atoms with Crippen molar-refractivity contribution in [3.8, 4) is 11.5 Å². The lowest BCUT2D eigenvalue weighted by molar-refractivity contribution is 0.0991. The van der Waals surface area contributed by atoms with Crippen molar-refractivity contribution in [2.24, 2.45) is 0 Å². The summed E-state index contributed by atoms with van der Waals surface area (Å²) in [4.78, 5) is 14.7. The Morgan fingerprint density at radius 1 is 0.923 bits per heavy atom. The van der Waals surface area contributed by atoms with Gasteiger partial charge in [-0.15, -0.1) is 10.2 Å². The fourth-order valence-corrected chi connectivity index (χ4v) is 3.10. The zero-order valence-electron chi connectivity index (χ0n) is 14.4. The van der Waals surface area contributed by atoms with Gasteiger partial charge in [-0.25, -0.2) is 0 Å². The molecule has 0 spiro atoms. The smallest absolute Gasteiger partial charge is 0.313 e. The summed E-state index contributed by atoms with van der Waals surface area (Å²) in [5, 5.41) is 10.6. The quantitative estimate of drug-likeness (QED) is 0.772. The molecule has 132 valence electrons. The summed E-state index contributed by atoms with van der Waals surface area (Å²) in [6.07, 6.45) is 3.78.